The van der Waals surface area contributed by atoms with Crippen LogP contribution in [-0.4, -0.2) is 35.5 Å². The van der Waals surface area contributed by atoms with E-state index in [0.29, 0.717) is 18.9 Å². The minimum atomic E-state index is -0.0136. The lowest BCUT2D eigenvalue weighted by atomic mass is 10.0. The van der Waals surface area contributed by atoms with Crippen LogP contribution in [0.5, 0.6) is 11.5 Å². The van der Waals surface area contributed by atoms with Gasteiger partial charge in [0.05, 0.1) is 24.8 Å². The van der Waals surface area contributed by atoms with Crippen LogP contribution < -0.4 is 9.47 Å². The second-order valence-corrected chi connectivity index (χ2v) is 7.30. The molecule has 5 heteroatoms. The molecule has 1 saturated heterocycles. The van der Waals surface area contributed by atoms with Crippen molar-refractivity contribution in [2.75, 3.05) is 19.8 Å². The monoisotopic (exact) mass is 374 g/mol. The average molecular weight is 374 g/mol. The highest BCUT2D eigenvalue weighted by Crippen LogP contribution is 2.38. The zero-order chi connectivity index (χ0) is 18.9. The number of para-hydroxylation sites is 1. The van der Waals surface area contributed by atoms with Gasteiger partial charge in [0.1, 0.15) is 5.69 Å². The number of likely N-dealkylation sites (tertiary alicyclic amines) is 1. The van der Waals surface area contributed by atoms with E-state index in [-0.39, 0.29) is 11.9 Å². The van der Waals surface area contributed by atoms with Crippen molar-refractivity contribution in [3.63, 3.8) is 0 Å². The number of hydrogen-bond acceptors (Lipinski definition) is 4. The first-order valence-corrected chi connectivity index (χ1v) is 9.86. The molecule has 5 nitrogen and oxygen atoms in total. The highest BCUT2D eigenvalue weighted by atomic mass is 16.5. The van der Waals surface area contributed by atoms with Crippen molar-refractivity contribution in [2.24, 2.45) is 0 Å². The molecule has 0 radical (unpaired) electrons. The van der Waals surface area contributed by atoms with E-state index in [9.17, 15) is 4.79 Å². The maximum atomic E-state index is 13.2. The van der Waals surface area contributed by atoms with Crippen molar-refractivity contribution < 1.29 is 14.3 Å². The molecule has 0 saturated carbocycles. The van der Waals surface area contributed by atoms with E-state index in [1.54, 1.807) is 0 Å². The Labute approximate surface area is 163 Å². The molecule has 2 aliphatic rings. The number of aromatic nitrogens is 1. The normalized spacial score (nSPS) is 18.9. The first-order chi connectivity index (χ1) is 13.8. The molecule has 3 heterocycles. The Morgan fingerprint density at radius 3 is 2.75 bits per heavy atom. The lowest BCUT2D eigenvalue weighted by Crippen LogP contribution is -2.31. The largest absolute Gasteiger partial charge is 0.490 e. The van der Waals surface area contributed by atoms with Gasteiger partial charge >= 0.3 is 0 Å². The molecule has 1 unspecified atom stereocenters. The Balaban J connectivity index is 1.44. The fraction of sp³-hybridized carbons (Fsp3) is 0.304. The predicted molar refractivity (Wildman–Crippen MR) is 107 cm³/mol. The number of rotatable bonds is 2. The standard InChI is InChI=1S/C23H22N2O3/c26-23(19-10-8-16-5-1-2-6-18(16)24-19)25-12-3-7-20(25)17-9-11-21-22(15-17)28-14-4-13-27-21/h1-2,5-6,8-11,15,20H,3-4,7,12-14H2. The van der Waals surface area contributed by atoms with E-state index in [2.05, 4.69) is 11.1 Å². The van der Waals surface area contributed by atoms with E-state index in [1.807, 2.05) is 53.4 Å². The molecule has 28 heavy (non-hydrogen) atoms. The van der Waals surface area contributed by atoms with E-state index in [0.717, 1.165) is 53.8 Å². The summed E-state index contributed by atoms with van der Waals surface area (Å²) in [6.45, 7) is 2.07. The molecule has 0 N–H and O–H groups in total. The van der Waals surface area contributed by atoms with Crippen molar-refractivity contribution in [3.05, 3.63) is 65.9 Å². The van der Waals surface area contributed by atoms with E-state index in [4.69, 9.17) is 9.47 Å². The second-order valence-electron chi connectivity index (χ2n) is 7.30. The Kier molecular flexibility index (Phi) is 4.35. The molecular formula is C23H22N2O3. The molecular weight excluding hydrogens is 352 g/mol. The number of ether oxygens (including phenoxy) is 2. The molecule has 1 aromatic heterocycles. The van der Waals surface area contributed by atoms with Crippen LogP contribution in [0, 0.1) is 0 Å². The average Bonchev–Trinajstić information content (AvgIpc) is 3.11. The second kappa shape index (κ2) is 7.15. The minimum Gasteiger partial charge on any atom is -0.490 e. The Hall–Kier alpha value is -3.08. The van der Waals surface area contributed by atoms with Crippen molar-refractivity contribution in [3.8, 4) is 11.5 Å². The van der Waals surface area contributed by atoms with Crippen LogP contribution in [-0.2, 0) is 0 Å². The molecule has 1 amide bonds. The van der Waals surface area contributed by atoms with Crippen LogP contribution in [0.2, 0.25) is 0 Å². The highest BCUT2D eigenvalue weighted by Gasteiger charge is 2.32. The van der Waals surface area contributed by atoms with Crippen LogP contribution in [0.1, 0.15) is 41.4 Å². The smallest absolute Gasteiger partial charge is 0.272 e. The molecule has 5 rings (SSSR count). The maximum Gasteiger partial charge on any atom is 0.272 e. The Bertz CT molecular complexity index is 1030. The number of pyridine rings is 1. The summed E-state index contributed by atoms with van der Waals surface area (Å²) in [5.41, 5.74) is 2.44. The highest BCUT2D eigenvalue weighted by molar-refractivity contribution is 5.95. The van der Waals surface area contributed by atoms with Crippen LogP contribution in [0.25, 0.3) is 10.9 Å². The number of benzene rings is 2. The van der Waals surface area contributed by atoms with Gasteiger partial charge < -0.3 is 14.4 Å². The zero-order valence-electron chi connectivity index (χ0n) is 15.6. The van der Waals surface area contributed by atoms with Crippen molar-refractivity contribution in [1.29, 1.82) is 0 Å². The quantitative estimate of drug-likeness (QED) is 0.668. The van der Waals surface area contributed by atoms with Crippen LogP contribution in [0.4, 0.5) is 0 Å². The van der Waals surface area contributed by atoms with Gasteiger partial charge in [-0.15, -0.1) is 0 Å². The third-order valence-electron chi connectivity index (χ3n) is 5.49. The van der Waals surface area contributed by atoms with Gasteiger partial charge in [-0.3, -0.25) is 4.79 Å². The summed E-state index contributed by atoms with van der Waals surface area (Å²) in [7, 11) is 0. The topological polar surface area (TPSA) is 51.7 Å². The molecule has 0 aliphatic carbocycles. The van der Waals surface area contributed by atoms with Gasteiger partial charge in [-0.1, -0.05) is 30.3 Å². The van der Waals surface area contributed by atoms with Crippen LogP contribution in [0.3, 0.4) is 0 Å². The van der Waals surface area contributed by atoms with Crippen molar-refractivity contribution in [2.45, 2.75) is 25.3 Å². The van der Waals surface area contributed by atoms with Crippen molar-refractivity contribution in [1.82, 2.24) is 9.88 Å². The summed E-state index contributed by atoms with van der Waals surface area (Å²) in [6, 6.07) is 17.8. The lowest BCUT2D eigenvalue weighted by Gasteiger charge is -2.25. The fourth-order valence-electron chi connectivity index (χ4n) is 4.08. The molecule has 1 fully saturated rings. The molecule has 0 spiro atoms. The molecule has 3 aromatic rings. The third-order valence-corrected chi connectivity index (χ3v) is 5.49. The van der Waals surface area contributed by atoms with Crippen LogP contribution in [0.15, 0.2) is 54.6 Å². The number of hydrogen-bond donors (Lipinski definition) is 0. The number of carbonyl (C=O) groups excluding carboxylic acids is 1. The van der Waals surface area contributed by atoms with Gasteiger partial charge in [0.2, 0.25) is 0 Å². The van der Waals surface area contributed by atoms with Gasteiger partial charge in [0, 0.05) is 18.4 Å². The number of carbonyl (C=O) groups is 1. The Morgan fingerprint density at radius 2 is 1.82 bits per heavy atom. The van der Waals surface area contributed by atoms with Gasteiger partial charge in [-0.2, -0.15) is 0 Å². The number of nitrogens with zero attached hydrogens (tertiary/aromatic N) is 2. The SMILES string of the molecule is O=C(c1ccc2ccccc2n1)N1CCCC1c1ccc2c(c1)OCCCO2. The summed E-state index contributed by atoms with van der Waals surface area (Å²) >= 11 is 0. The van der Waals surface area contributed by atoms with E-state index in [1.165, 1.54) is 0 Å². The van der Waals surface area contributed by atoms with Crippen LogP contribution >= 0.6 is 0 Å². The molecule has 0 bridgehead atoms. The summed E-state index contributed by atoms with van der Waals surface area (Å²) < 4.78 is 11.6. The maximum absolute atomic E-state index is 13.2. The summed E-state index contributed by atoms with van der Waals surface area (Å²) in [5.74, 6) is 1.55. The van der Waals surface area contributed by atoms with E-state index >= 15 is 0 Å². The predicted octanol–water partition coefficient (Wildman–Crippen LogP) is 4.37. The van der Waals surface area contributed by atoms with Gasteiger partial charge in [0.25, 0.3) is 5.91 Å². The molecule has 142 valence electrons. The molecule has 1 atom stereocenters. The molecule has 2 aliphatic heterocycles. The number of amides is 1. The fourth-order valence-corrected chi connectivity index (χ4v) is 4.08. The van der Waals surface area contributed by atoms with Gasteiger partial charge in [-0.25, -0.2) is 4.98 Å². The first kappa shape index (κ1) is 17.0. The molecule has 2 aromatic carbocycles. The first-order valence-electron chi connectivity index (χ1n) is 9.86. The third kappa shape index (κ3) is 3.07. The van der Waals surface area contributed by atoms with Gasteiger partial charge in [-0.05, 0) is 42.7 Å². The number of fused-ring (bicyclic) bond motifs is 2. The summed E-state index contributed by atoms with van der Waals surface area (Å²) in [6.07, 6.45) is 2.81. The minimum absolute atomic E-state index is 0.0136. The van der Waals surface area contributed by atoms with Gasteiger partial charge in [0.15, 0.2) is 11.5 Å². The van der Waals surface area contributed by atoms with Crippen molar-refractivity contribution >= 4 is 16.8 Å². The summed E-state index contributed by atoms with van der Waals surface area (Å²) in [5, 5.41) is 1.04. The Morgan fingerprint density at radius 1 is 0.964 bits per heavy atom. The zero-order valence-corrected chi connectivity index (χ0v) is 15.6. The summed E-state index contributed by atoms with van der Waals surface area (Å²) in [4.78, 5) is 19.8. The van der Waals surface area contributed by atoms with E-state index < -0.39 is 0 Å². The lowest BCUT2D eigenvalue weighted by molar-refractivity contribution is 0.0730.